The second-order valence-electron chi connectivity index (χ2n) is 8.30. The Labute approximate surface area is 223 Å². The van der Waals surface area contributed by atoms with Crippen LogP contribution in [0.5, 0.6) is 0 Å². The maximum atomic E-state index is 13.0. The molecule has 1 aromatic carbocycles. The zero-order valence-electron chi connectivity index (χ0n) is 20.5. The molecular formula is C23H29ClN5O8P. The van der Waals surface area contributed by atoms with Crippen LogP contribution < -0.4 is 10.6 Å². The van der Waals surface area contributed by atoms with Crippen molar-refractivity contribution >= 4 is 31.3 Å². The predicted octanol–water partition coefficient (Wildman–Crippen LogP) is 2.49. The molecule has 38 heavy (non-hydrogen) atoms. The number of rotatable bonds is 13. The summed E-state index contributed by atoms with van der Waals surface area (Å²) in [6.45, 7) is 1.14. The molecule has 0 radical (unpaired) electrons. The molecule has 206 valence electrons. The number of aryl methyl sites for hydroxylation is 1. The van der Waals surface area contributed by atoms with Crippen molar-refractivity contribution in [3.63, 3.8) is 0 Å². The summed E-state index contributed by atoms with van der Waals surface area (Å²) >= 11 is 6.06. The van der Waals surface area contributed by atoms with Crippen LogP contribution in [0.3, 0.4) is 0 Å². The molecule has 0 bridgehead atoms. The number of hydrogen-bond acceptors (Lipinski definition) is 9. The van der Waals surface area contributed by atoms with Crippen LogP contribution in [0.4, 0.5) is 5.95 Å². The van der Waals surface area contributed by atoms with Crippen LogP contribution >= 0.6 is 19.4 Å². The van der Waals surface area contributed by atoms with Gasteiger partial charge in [0.1, 0.15) is 5.69 Å². The van der Waals surface area contributed by atoms with Crippen LogP contribution in [0.2, 0.25) is 5.02 Å². The van der Waals surface area contributed by atoms with Crippen molar-refractivity contribution in [2.45, 2.75) is 38.8 Å². The summed E-state index contributed by atoms with van der Waals surface area (Å²) in [5.41, 5.74) is 2.67. The Morgan fingerprint density at radius 3 is 2.66 bits per heavy atom. The number of aromatic nitrogens is 3. The monoisotopic (exact) mass is 569 g/mol. The second kappa shape index (κ2) is 13.3. The maximum absolute atomic E-state index is 13.0. The predicted molar refractivity (Wildman–Crippen MR) is 138 cm³/mol. The van der Waals surface area contributed by atoms with Crippen molar-refractivity contribution in [2.75, 3.05) is 18.5 Å². The number of carbonyl (C=O) groups excluding carboxylic acids is 1. The van der Waals surface area contributed by atoms with Crippen LogP contribution in [0, 0.1) is 6.92 Å². The molecule has 1 amide bonds. The highest BCUT2D eigenvalue weighted by Crippen LogP contribution is 2.36. The maximum Gasteiger partial charge on any atom is 0.469 e. The number of phosphoric ester groups is 1. The van der Waals surface area contributed by atoms with Crippen molar-refractivity contribution in [3.8, 4) is 11.3 Å². The third-order valence-electron chi connectivity index (χ3n) is 5.41. The number of phosphoric acid groups is 1. The van der Waals surface area contributed by atoms with Crippen LogP contribution in [-0.2, 0) is 13.8 Å². The van der Waals surface area contributed by atoms with Gasteiger partial charge in [-0.2, -0.15) is 0 Å². The van der Waals surface area contributed by atoms with E-state index in [4.69, 9.17) is 36.3 Å². The van der Waals surface area contributed by atoms with Gasteiger partial charge < -0.3 is 40.4 Å². The molecule has 0 aliphatic rings. The summed E-state index contributed by atoms with van der Waals surface area (Å²) in [6, 6.07) is 7.14. The minimum atomic E-state index is -4.61. The Bertz CT molecular complexity index is 1280. The van der Waals surface area contributed by atoms with Crippen molar-refractivity contribution in [1.82, 2.24) is 20.3 Å². The molecule has 13 nitrogen and oxygen atoms in total. The Morgan fingerprint density at radius 2 is 2.00 bits per heavy atom. The van der Waals surface area contributed by atoms with Gasteiger partial charge in [-0.15, -0.1) is 0 Å². The summed E-state index contributed by atoms with van der Waals surface area (Å²) in [6.07, 6.45) is 3.68. The van der Waals surface area contributed by atoms with Crippen LogP contribution in [0.15, 0.2) is 42.7 Å². The number of aliphatic hydroxyl groups is 2. The van der Waals surface area contributed by atoms with E-state index in [0.717, 1.165) is 5.56 Å². The summed E-state index contributed by atoms with van der Waals surface area (Å²) in [5.74, 6) is -0.261. The molecule has 0 unspecified atom stereocenters. The number of nitrogens with one attached hydrogen (secondary N) is 3. The number of halogens is 1. The van der Waals surface area contributed by atoms with Crippen LogP contribution in [0.25, 0.3) is 11.3 Å². The lowest BCUT2D eigenvalue weighted by Crippen LogP contribution is -2.33. The molecule has 3 rings (SSSR count). The first-order valence-corrected chi connectivity index (χ1v) is 13.4. The van der Waals surface area contributed by atoms with E-state index >= 15 is 0 Å². The highest BCUT2D eigenvalue weighted by Gasteiger charge is 2.21. The number of nitrogens with zero attached hydrogens (tertiary/aromatic N) is 2. The molecule has 3 aromatic rings. The molecule has 0 saturated carbocycles. The van der Waals surface area contributed by atoms with E-state index in [2.05, 4.69) is 30.1 Å². The molecular weight excluding hydrogens is 541 g/mol. The molecule has 0 fully saturated rings. The standard InChI is InChI=1S/C23H29ClN5O8P/c1-3-17(11-37-38(33,34)35)27-22-26-9-13(2)20(29-22)15-8-18(25-10-15)21(30)28-19(12-36-23(31)32)14-5-4-6-16(24)7-14/h4-10,17,19,23,25,31-32H,3,11-12H2,1-2H3,(H,28,30)(H,26,27,29)(H2,33,34,35)/t17-,19-/m1/s1. The fourth-order valence-corrected chi connectivity index (χ4v) is 4.03. The lowest BCUT2D eigenvalue weighted by Gasteiger charge is -2.20. The van der Waals surface area contributed by atoms with E-state index in [0.29, 0.717) is 28.3 Å². The van der Waals surface area contributed by atoms with Gasteiger partial charge in [0.05, 0.1) is 31.0 Å². The average molecular weight is 570 g/mol. The second-order valence-corrected chi connectivity index (χ2v) is 9.98. The van der Waals surface area contributed by atoms with E-state index in [1.54, 1.807) is 49.6 Å². The van der Waals surface area contributed by atoms with Gasteiger partial charge in [-0.3, -0.25) is 9.32 Å². The van der Waals surface area contributed by atoms with Crippen molar-refractivity contribution in [3.05, 3.63) is 64.6 Å². The number of amides is 1. The first-order valence-electron chi connectivity index (χ1n) is 11.5. The van der Waals surface area contributed by atoms with E-state index in [1.807, 2.05) is 6.92 Å². The van der Waals surface area contributed by atoms with Gasteiger partial charge in [0.2, 0.25) is 5.95 Å². The van der Waals surface area contributed by atoms with Gasteiger partial charge in [0, 0.05) is 23.0 Å². The van der Waals surface area contributed by atoms with Crippen molar-refractivity contribution in [1.29, 1.82) is 0 Å². The molecule has 7 N–H and O–H groups in total. The molecule has 0 aliphatic heterocycles. The lowest BCUT2D eigenvalue weighted by molar-refractivity contribution is -0.236. The molecule has 2 heterocycles. The molecule has 2 atom stereocenters. The van der Waals surface area contributed by atoms with Gasteiger partial charge >= 0.3 is 7.82 Å². The number of ether oxygens (including phenoxy) is 1. The van der Waals surface area contributed by atoms with E-state index in [-0.39, 0.29) is 24.9 Å². The van der Waals surface area contributed by atoms with Gasteiger partial charge in [-0.05, 0) is 42.7 Å². The summed E-state index contributed by atoms with van der Waals surface area (Å²) in [4.78, 5) is 42.5. The van der Waals surface area contributed by atoms with Crippen LogP contribution in [0.1, 0.15) is 41.0 Å². The minimum absolute atomic E-state index is 0.213. The zero-order chi connectivity index (χ0) is 27.9. The number of benzene rings is 1. The number of aliphatic hydroxyl groups excluding tert-OH is 1. The average Bonchev–Trinajstić information content (AvgIpc) is 3.35. The van der Waals surface area contributed by atoms with Gasteiger partial charge in [0.15, 0.2) is 0 Å². The Morgan fingerprint density at radius 1 is 1.24 bits per heavy atom. The molecule has 0 aliphatic carbocycles. The highest BCUT2D eigenvalue weighted by atomic mass is 35.5. The zero-order valence-corrected chi connectivity index (χ0v) is 22.2. The highest BCUT2D eigenvalue weighted by molar-refractivity contribution is 7.46. The van der Waals surface area contributed by atoms with Gasteiger partial charge in [-0.25, -0.2) is 14.5 Å². The molecule has 2 aromatic heterocycles. The fraction of sp³-hybridized carbons (Fsp3) is 0.348. The number of anilines is 1. The fourth-order valence-electron chi connectivity index (χ4n) is 3.46. The van der Waals surface area contributed by atoms with Crippen molar-refractivity contribution in [2.24, 2.45) is 0 Å². The SMILES string of the molecule is CC[C@H](COP(=O)(O)O)Nc1ncc(C)c(-c2c[nH]c(C(=O)N[C@H](COC(O)O)c3cccc(Cl)c3)c2)n1. The summed E-state index contributed by atoms with van der Waals surface area (Å²) < 4.78 is 20.5. The first kappa shape index (κ1) is 29.7. The molecule has 15 heteroatoms. The van der Waals surface area contributed by atoms with Crippen molar-refractivity contribution < 1.29 is 38.6 Å². The van der Waals surface area contributed by atoms with E-state index in [9.17, 15) is 9.36 Å². The molecule has 0 spiro atoms. The Kier molecular flexibility index (Phi) is 10.4. The van der Waals surface area contributed by atoms with Gasteiger partial charge in [-0.1, -0.05) is 30.7 Å². The smallest absolute Gasteiger partial charge is 0.357 e. The summed E-state index contributed by atoms with van der Waals surface area (Å²) in [5, 5.41) is 24.4. The van der Waals surface area contributed by atoms with Gasteiger partial charge in [0.25, 0.3) is 12.4 Å². The molecule has 0 saturated heterocycles. The van der Waals surface area contributed by atoms with E-state index < -0.39 is 32.3 Å². The third kappa shape index (κ3) is 8.86. The summed E-state index contributed by atoms with van der Waals surface area (Å²) in [7, 11) is -4.61. The first-order chi connectivity index (χ1) is 17.9. The Hall–Kier alpha value is -2.87. The Balaban J connectivity index is 1.76. The largest absolute Gasteiger partial charge is 0.469 e. The van der Waals surface area contributed by atoms with E-state index in [1.165, 1.54) is 0 Å². The quantitative estimate of drug-likeness (QED) is 0.118. The third-order valence-corrected chi connectivity index (χ3v) is 6.13. The lowest BCUT2D eigenvalue weighted by atomic mass is 10.1. The normalized spacial score (nSPS) is 13.4. The minimum Gasteiger partial charge on any atom is -0.357 e. The number of carbonyl (C=O) groups is 1. The number of hydrogen-bond donors (Lipinski definition) is 7. The number of aromatic amines is 1. The number of H-pyrrole nitrogens is 1. The van der Waals surface area contributed by atoms with Crippen LogP contribution in [-0.4, -0.2) is 66.6 Å². The topological polar surface area (TPSA) is 199 Å².